The minimum Gasteiger partial charge on any atom is -0.463 e. The molecule has 1 aliphatic rings. The number of hydrogen-bond donors (Lipinski definition) is 3. The summed E-state index contributed by atoms with van der Waals surface area (Å²) in [6, 6.07) is 5.67. The number of rotatable bonds is 22. The first kappa shape index (κ1) is 48.1. The molecule has 22 heteroatoms. The third-order valence-corrected chi connectivity index (χ3v) is 12.0. The third-order valence-electron chi connectivity index (χ3n) is 7.68. The number of ether oxygens (including phenoxy) is 5. The molecule has 0 bridgehead atoms. The van der Waals surface area contributed by atoms with E-state index in [2.05, 4.69) is 9.63 Å². The van der Waals surface area contributed by atoms with Gasteiger partial charge in [-0.2, -0.15) is 4.31 Å². The lowest BCUT2D eigenvalue weighted by atomic mass is 9.96. The van der Waals surface area contributed by atoms with E-state index in [1.165, 1.54) is 31.2 Å². The van der Waals surface area contributed by atoms with Crippen molar-refractivity contribution in [1.29, 1.82) is 0 Å². The lowest BCUT2D eigenvalue weighted by Crippen LogP contribution is -2.66. The quantitative estimate of drug-likeness (QED) is 0.0652. The van der Waals surface area contributed by atoms with Gasteiger partial charge in [-0.3, -0.25) is 23.4 Å². The molecule has 19 nitrogen and oxygen atoms in total. The van der Waals surface area contributed by atoms with Crippen molar-refractivity contribution in [2.45, 2.75) is 109 Å². The summed E-state index contributed by atoms with van der Waals surface area (Å²) >= 11 is 0. The zero-order valence-corrected chi connectivity index (χ0v) is 34.3. The molecule has 1 saturated heterocycles. The van der Waals surface area contributed by atoms with E-state index in [9.17, 15) is 46.5 Å². The second kappa shape index (κ2) is 22.1. The van der Waals surface area contributed by atoms with Crippen LogP contribution in [0.4, 0.5) is 0 Å². The van der Waals surface area contributed by atoms with Crippen LogP contribution in [-0.4, -0.2) is 104 Å². The normalized spacial score (nSPS) is 23.2. The van der Waals surface area contributed by atoms with Crippen LogP contribution in [0, 0.1) is 5.92 Å². The van der Waals surface area contributed by atoms with E-state index in [-0.39, 0.29) is 17.4 Å². The second-order valence-corrected chi connectivity index (χ2v) is 18.0. The predicted octanol–water partition coefficient (Wildman–Crippen LogP) is 3.52. The topological polar surface area (TPSA) is 263 Å². The van der Waals surface area contributed by atoms with Crippen LogP contribution in [0.2, 0.25) is 0 Å². The van der Waals surface area contributed by atoms with Crippen molar-refractivity contribution in [1.82, 2.24) is 5.32 Å². The fraction of sp³-hybridized carbons (Fsp3) is 0.636. The maximum atomic E-state index is 13.2. The molecule has 2 unspecified atom stereocenters. The molecule has 3 N–H and O–H groups in total. The molecule has 0 saturated carbocycles. The van der Waals surface area contributed by atoms with Crippen molar-refractivity contribution < 1.29 is 83.6 Å². The Labute approximate surface area is 320 Å². The Morgan fingerprint density at radius 1 is 0.909 bits per heavy atom. The number of hydrogen-bond acceptors (Lipinski definition) is 16. The molecule has 1 fully saturated rings. The number of esters is 3. The fourth-order valence-corrected chi connectivity index (χ4v) is 8.37. The highest BCUT2D eigenvalue weighted by atomic mass is 32.2. The standard InChI is InChI=1S/C33H51NO18P2S/c1-21(2)12-11-13-22(3)16-17-47-53(39,40)52-54(41,42)51-33-29(34-24(5)35)31(30(49-26(7)37)28(50-33)20-46-25(6)36)48-23(4)32(38)45-18-19-55(43,44)27-14-9-8-10-15-27/h8-10,12,14-15,22-23,28-31,33H,11,13,16-20H2,1-7H3,(H,34,35)(H,39,40)(H,41,42)/t22-,23-,28-,29-,30-,31-,33-/m1/s1. The number of phosphoric ester groups is 2. The number of phosphoric acid groups is 2. The monoisotopic (exact) mass is 843 g/mol. The highest BCUT2D eigenvalue weighted by Crippen LogP contribution is 2.61. The Hall–Kier alpha value is -3.03. The number of carbonyl (C=O) groups excluding carboxylic acids is 4. The van der Waals surface area contributed by atoms with Gasteiger partial charge in [0.2, 0.25) is 5.91 Å². The lowest BCUT2D eigenvalue weighted by Gasteiger charge is -2.45. The Morgan fingerprint density at radius 3 is 2.15 bits per heavy atom. The van der Waals surface area contributed by atoms with Crippen molar-refractivity contribution in [3.05, 3.63) is 42.0 Å². The van der Waals surface area contributed by atoms with Crippen molar-refractivity contribution >= 4 is 49.3 Å². The Morgan fingerprint density at radius 2 is 1.56 bits per heavy atom. The second-order valence-electron chi connectivity index (χ2n) is 12.9. The summed E-state index contributed by atoms with van der Waals surface area (Å²) in [5, 5.41) is 2.35. The van der Waals surface area contributed by atoms with E-state index >= 15 is 0 Å². The zero-order chi connectivity index (χ0) is 41.6. The molecular formula is C33H51NO18P2S. The number of amides is 1. The predicted molar refractivity (Wildman–Crippen MR) is 192 cm³/mol. The first-order valence-corrected chi connectivity index (χ1v) is 21.8. The highest BCUT2D eigenvalue weighted by Gasteiger charge is 2.53. The first-order chi connectivity index (χ1) is 25.5. The van der Waals surface area contributed by atoms with Crippen LogP contribution in [0.1, 0.15) is 67.7 Å². The molecule has 312 valence electrons. The van der Waals surface area contributed by atoms with Gasteiger partial charge < -0.3 is 38.8 Å². The molecule has 1 heterocycles. The summed E-state index contributed by atoms with van der Waals surface area (Å²) in [4.78, 5) is 70.2. The minimum atomic E-state index is -5.65. The number of benzene rings is 1. The molecule has 0 aliphatic carbocycles. The highest BCUT2D eigenvalue weighted by molar-refractivity contribution is 7.91. The molecule has 9 atom stereocenters. The summed E-state index contributed by atoms with van der Waals surface area (Å²) < 4.78 is 92.8. The van der Waals surface area contributed by atoms with Gasteiger partial charge in [-0.15, -0.1) is 0 Å². The molecule has 0 aromatic heterocycles. The minimum absolute atomic E-state index is 0.000576. The van der Waals surface area contributed by atoms with Crippen LogP contribution in [0.3, 0.4) is 0 Å². The van der Waals surface area contributed by atoms with Crippen LogP contribution >= 0.6 is 15.6 Å². The molecule has 1 amide bonds. The molecule has 2 rings (SSSR count). The van der Waals surface area contributed by atoms with E-state index in [1.807, 2.05) is 26.8 Å². The number of allylic oxidation sites excluding steroid dienone is 2. The van der Waals surface area contributed by atoms with Crippen molar-refractivity contribution in [3.63, 3.8) is 0 Å². The average molecular weight is 844 g/mol. The van der Waals surface area contributed by atoms with E-state index in [1.54, 1.807) is 6.07 Å². The molecule has 1 aromatic carbocycles. The third kappa shape index (κ3) is 17.8. The van der Waals surface area contributed by atoms with Gasteiger partial charge in [0.05, 0.1) is 17.3 Å². The Bertz CT molecular complexity index is 1690. The molecular weight excluding hydrogens is 792 g/mol. The van der Waals surface area contributed by atoms with E-state index in [0.29, 0.717) is 6.42 Å². The van der Waals surface area contributed by atoms with Gasteiger partial charge in [0.15, 0.2) is 28.3 Å². The van der Waals surface area contributed by atoms with Gasteiger partial charge in [-0.1, -0.05) is 36.8 Å². The van der Waals surface area contributed by atoms with Crippen LogP contribution in [-0.2, 0) is 75.2 Å². The SMILES string of the molecule is CC(=O)N[C@H]1[C@@H](OP(=O)(O)OP(=O)(O)OCC[C@H](C)CCC=C(C)C)O[C@H](COC(C)=O)[C@@H](OC(C)=O)[C@@H]1O[C@H](C)C(=O)OCCS(=O)(=O)c1ccccc1. The maximum absolute atomic E-state index is 13.2. The average Bonchev–Trinajstić information content (AvgIpc) is 3.05. The fourth-order valence-electron chi connectivity index (χ4n) is 5.09. The van der Waals surface area contributed by atoms with Crippen molar-refractivity contribution in [2.75, 3.05) is 25.6 Å². The van der Waals surface area contributed by atoms with E-state index in [0.717, 1.165) is 39.2 Å². The summed E-state index contributed by atoms with van der Waals surface area (Å²) in [6.07, 6.45) is -4.78. The summed E-state index contributed by atoms with van der Waals surface area (Å²) in [5.41, 5.74) is 1.14. The van der Waals surface area contributed by atoms with Crippen LogP contribution in [0.15, 0.2) is 46.9 Å². The van der Waals surface area contributed by atoms with Gasteiger partial charge in [0.1, 0.15) is 31.5 Å². The van der Waals surface area contributed by atoms with Crippen LogP contribution < -0.4 is 5.32 Å². The Kier molecular flexibility index (Phi) is 19.3. The first-order valence-electron chi connectivity index (χ1n) is 17.2. The van der Waals surface area contributed by atoms with Crippen LogP contribution in [0.5, 0.6) is 0 Å². The lowest BCUT2D eigenvalue weighted by molar-refractivity contribution is -0.268. The molecule has 1 aromatic rings. The van der Waals surface area contributed by atoms with Gasteiger partial charge in [-0.25, -0.2) is 22.3 Å². The molecule has 1 aliphatic heterocycles. The van der Waals surface area contributed by atoms with E-state index in [4.69, 9.17) is 32.7 Å². The van der Waals surface area contributed by atoms with Gasteiger partial charge in [0.25, 0.3) is 0 Å². The summed E-state index contributed by atoms with van der Waals surface area (Å²) in [5.74, 6) is -4.21. The molecule has 0 spiro atoms. The van der Waals surface area contributed by atoms with Gasteiger partial charge in [0, 0.05) is 20.8 Å². The summed E-state index contributed by atoms with van der Waals surface area (Å²) in [7, 11) is -14.7. The number of carbonyl (C=O) groups is 4. The molecule has 0 radical (unpaired) electrons. The maximum Gasteiger partial charge on any atom is 0.483 e. The number of sulfone groups is 1. The zero-order valence-electron chi connectivity index (χ0n) is 31.7. The number of nitrogens with one attached hydrogen (secondary N) is 1. The van der Waals surface area contributed by atoms with Gasteiger partial charge >= 0.3 is 33.6 Å². The Balaban J connectivity index is 2.32. The smallest absolute Gasteiger partial charge is 0.463 e. The van der Waals surface area contributed by atoms with E-state index < -0.39 is 105 Å². The molecule has 55 heavy (non-hydrogen) atoms. The summed E-state index contributed by atoms with van der Waals surface area (Å²) in [6.45, 7) is 8.43. The van der Waals surface area contributed by atoms with Crippen molar-refractivity contribution in [2.24, 2.45) is 5.92 Å². The largest absolute Gasteiger partial charge is 0.483 e. The van der Waals surface area contributed by atoms with Crippen LogP contribution in [0.25, 0.3) is 0 Å². The van der Waals surface area contributed by atoms with Crippen molar-refractivity contribution in [3.8, 4) is 0 Å². The van der Waals surface area contributed by atoms with Gasteiger partial charge in [-0.05, 0) is 58.1 Å².